The van der Waals surface area contributed by atoms with Gasteiger partial charge in [-0.15, -0.1) is 0 Å². The summed E-state index contributed by atoms with van der Waals surface area (Å²) in [5, 5.41) is 8.58. The number of halogens is 6. The van der Waals surface area contributed by atoms with Crippen molar-refractivity contribution < 1.29 is 31.1 Å². The van der Waals surface area contributed by atoms with Gasteiger partial charge in [0.1, 0.15) is 5.75 Å². The molecule has 0 unspecified atom stereocenters. The summed E-state index contributed by atoms with van der Waals surface area (Å²) in [6, 6.07) is 3.56. The molecule has 0 N–H and O–H groups in total. The maximum atomic E-state index is 12.4. The first-order valence-corrected chi connectivity index (χ1v) is 4.94. The Labute approximate surface area is 104 Å². The summed E-state index contributed by atoms with van der Waals surface area (Å²) >= 11 is 0. The van der Waals surface area contributed by atoms with Gasteiger partial charge in [-0.2, -0.15) is 31.6 Å². The van der Waals surface area contributed by atoms with Crippen molar-refractivity contribution in [2.45, 2.75) is 18.8 Å². The number of hydrogen-bond donors (Lipinski definition) is 0. The van der Waals surface area contributed by atoms with Crippen LogP contribution in [0.3, 0.4) is 0 Å². The topological polar surface area (TPSA) is 33.0 Å². The van der Waals surface area contributed by atoms with E-state index in [1.165, 1.54) is 6.07 Å². The number of benzene rings is 1. The second-order valence-corrected chi connectivity index (χ2v) is 3.53. The zero-order chi connectivity index (χ0) is 14.7. The van der Waals surface area contributed by atoms with Crippen LogP contribution in [0.15, 0.2) is 18.2 Å². The summed E-state index contributed by atoms with van der Waals surface area (Å²) in [5.74, 6) is -0.214. The molecule has 0 heterocycles. The van der Waals surface area contributed by atoms with Crippen molar-refractivity contribution in [2.24, 2.45) is 0 Å². The van der Waals surface area contributed by atoms with Crippen LogP contribution in [0.1, 0.15) is 17.5 Å². The molecule has 1 aromatic carbocycles. The molecule has 8 heteroatoms. The van der Waals surface area contributed by atoms with E-state index in [2.05, 4.69) is 4.74 Å². The molecule has 0 aliphatic carbocycles. The highest BCUT2D eigenvalue weighted by molar-refractivity contribution is 5.44. The van der Waals surface area contributed by atoms with Gasteiger partial charge in [0.15, 0.2) is 0 Å². The van der Waals surface area contributed by atoms with E-state index in [1.54, 1.807) is 0 Å². The van der Waals surface area contributed by atoms with Gasteiger partial charge >= 0.3 is 12.4 Å². The summed E-state index contributed by atoms with van der Waals surface area (Å²) in [7, 11) is 0. The molecule has 0 amide bonds. The summed E-state index contributed by atoms with van der Waals surface area (Å²) in [6.45, 7) is -0.722. The maximum Gasteiger partial charge on any atom is 0.417 e. The van der Waals surface area contributed by atoms with Gasteiger partial charge in [-0.1, -0.05) is 0 Å². The predicted octanol–water partition coefficient (Wildman–Crippen LogP) is 3.91. The van der Waals surface area contributed by atoms with Gasteiger partial charge < -0.3 is 4.74 Å². The van der Waals surface area contributed by atoms with Gasteiger partial charge in [-0.05, 0) is 18.2 Å². The van der Waals surface area contributed by atoms with Gasteiger partial charge in [0.25, 0.3) is 0 Å². The van der Waals surface area contributed by atoms with Crippen LogP contribution in [0.5, 0.6) is 5.75 Å². The molecule has 104 valence electrons. The SMILES string of the molecule is N#Cc1cc(OCCC(F)(F)F)ccc1C(F)(F)F. The van der Waals surface area contributed by atoms with E-state index in [0.717, 1.165) is 12.1 Å². The van der Waals surface area contributed by atoms with Gasteiger partial charge in [0.05, 0.1) is 30.2 Å². The monoisotopic (exact) mass is 283 g/mol. The van der Waals surface area contributed by atoms with Gasteiger partial charge in [-0.25, -0.2) is 0 Å². The Balaban J connectivity index is 2.82. The van der Waals surface area contributed by atoms with Crippen LogP contribution in [-0.2, 0) is 6.18 Å². The van der Waals surface area contributed by atoms with E-state index in [9.17, 15) is 26.3 Å². The fourth-order valence-corrected chi connectivity index (χ4v) is 1.24. The minimum absolute atomic E-state index is 0.214. The van der Waals surface area contributed by atoms with Crippen molar-refractivity contribution in [2.75, 3.05) is 6.61 Å². The third-order valence-electron chi connectivity index (χ3n) is 2.07. The highest BCUT2D eigenvalue weighted by Gasteiger charge is 2.33. The summed E-state index contributed by atoms with van der Waals surface area (Å²) in [6.07, 6.45) is -10.3. The van der Waals surface area contributed by atoms with E-state index in [0.29, 0.717) is 6.07 Å². The van der Waals surface area contributed by atoms with Crippen LogP contribution in [0.2, 0.25) is 0 Å². The highest BCUT2D eigenvalue weighted by Crippen LogP contribution is 2.33. The van der Waals surface area contributed by atoms with E-state index >= 15 is 0 Å². The number of hydrogen-bond acceptors (Lipinski definition) is 2. The summed E-state index contributed by atoms with van der Waals surface area (Å²) < 4.78 is 77.5. The lowest BCUT2D eigenvalue weighted by molar-refractivity contribution is -0.139. The average molecular weight is 283 g/mol. The fraction of sp³-hybridized carbons (Fsp3) is 0.364. The predicted molar refractivity (Wildman–Crippen MR) is 52.3 cm³/mol. The van der Waals surface area contributed by atoms with Crippen LogP contribution < -0.4 is 4.74 Å². The Bertz CT molecular complexity index is 485. The Morgan fingerprint density at radius 3 is 2.21 bits per heavy atom. The van der Waals surface area contributed by atoms with Crippen LogP contribution in [-0.4, -0.2) is 12.8 Å². The molecule has 0 fully saturated rings. The molecule has 0 aromatic heterocycles. The molecule has 0 aliphatic heterocycles. The first kappa shape index (κ1) is 15.1. The van der Waals surface area contributed by atoms with Crippen molar-refractivity contribution in [1.29, 1.82) is 5.26 Å². The molecule has 0 aliphatic rings. The van der Waals surface area contributed by atoms with Gasteiger partial charge in [0.2, 0.25) is 0 Å². The van der Waals surface area contributed by atoms with Crippen molar-refractivity contribution >= 4 is 0 Å². The summed E-state index contributed by atoms with van der Waals surface area (Å²) in [4.78, 5) is 0. The molecule has 0 atom stereocenters. The number of alkyl halides is 6. The zero-order valence-electron chi connectivity index (χ0n) is 9.27. The lowest BCUT2D eigenvalue weighted by Crippen LogP contribution is -2.13. The maximum absolute atomic E-state index is 12.4. The molecule has 19 heavy (non-hydrogen) atoms. The highest BCUT2D eigenvalue weighted by atomic mass is 19.4. The number of nitrogens with zero attached hydrogens (tertiary/aromatic N) is 1. The number of nitriles is 1. The van der Waals surface area contributed by atoms with Crippen molar-refractivity contribution in [3.8, 4) is 11.8 Å². The molecule has 0 saturated heterocycles. The Kier molecular flexibility index (Phi) is 4.29. The molecular weight excluding hydrogens is 276 g/mol. The Hall–Kier alpha value is -1.91. The fourth-order valence-electron chi connectivity index (χ4n) is 1.24. The quantitative estimate of drug-likeness (QED) is 0.788. The largest absolute Gasteiger partial charge is 0.493 e. The van der Waals surface area contributed by atoms with Crippen molar-refractivity contribution in [1.82, 2.24) is 0 Å². The third-order valence-corrected chi connectivity index (χ3v) is 2.07. The molecule has 1 aromatic rings. The van der Waals surface area contributed by atoms with E-state index in [-0.39, 0.29) is 5.75 Å². The second kappa shape index (κ2) is 5.38. The smallest absolute Gasteiger partial charge is 0.417 e. The first-order chi connectivity index (χ1) is 8.63. The standard InChI is InChI=1S/C11H7F6NO/c12-10(13,14)3-4-19-8-1-2-9(11(15,16)17)7(5-8)6-18/h1-2,5H,3-4H2. The normalized spacial score (nSPS) is 12.1. The van der Waals surface area contributed by atoms with Gasteiger partial charge in [0, 0.05) is 0 Å². The summed E-state index contributed by atoms with van der Waals surface area (Å²) in [5.41, 5.74) is -1.85. The molecule has 2 nitrogen and oxygen atoms in total. The lowest BCUT2D eigenvalue weighted by atomic mass is 10.1. The van der Waals surface area contributed by atoms with E-state index in [4.69, 9.17) is 5.26 Å². The van der Waals surface area contributed by atoms with Crippen molar-refractivity contribution in [3.05, 3.63) is 29.3 Å². The average Bonchev–Trinajstić information content (AvgIpc) is 2.25. The van der Waals surface area contributed by atoms with Crippen LogP contribution >= 0.6 is 0 Å². The number of rotatable bonds is 3. The first-order valence-electron chi connectivity index (χ1n) is 4.94. The van der Waals surface area contributed by atoms with E-state index in [1.807, 2.05) is 0 Å². The van der Waals surface area contributed by atoms with E-state index < -0.39 is 36.5 Å². The molecule has 0 radical (unpaired) electrons. The Morgan fingerprint density at radius 2 is 1.74 bits per heavy atom. The minimum atomic E-state index is -4.70. The molecule has 0 spiro atoms. The molecule has 0 saturated carbocycles. The van der Waals surface area contributed by atoms with Crippen LogP contribution in [0.25, 0.3) is 0 Å². The minimum Gasteiger partial charge on any atom is -0.493 e. The van der Waals surface area contributed by atoms with Crippen LogP contribution in [0, 0.1) is 11.3 Å². The third kappa shape index (κ3) is 4.69. The van der Waals surface area contributed by atoms with Crippen molar-refractivity contribution in [3.63, 3.8) is 0 Å². The second-order valence-electron chi connectivity index (χ2n) is 3.53. The Morgan fingerprint density at radius 1 is 1.11 bits per heavy atom. The molecule has 0 bridgehead atoms. The van der Waals surface area contributed by atoms with Gasteiger partial charge in [-0.3, -0.25) is 0 Å². The lowest BCUT2D eigenvalue weighted by Gasteiger charge is -2.12. The number of ether oxygens (including phenoxy) is 1. The molecular formula is C11H7F6NO. The van der Waals surface area contributed by atoms with Crippen LogP contribution in [0.4, 0.5) is 26.3 Å². The molecule has 1 rings (SSSR count). The zero-order valence-corrected chi connectivity index (χ0v) is 9.27.